The largest absolute Gasteiger partial charge is 0.459 e. The highest BCUT2D eigenvalue weighted by atomic mass is 19.4. The lowest BCUT2D eigenvalue weighted by Crippen LogP contribution is -2.61. The number of unbranched alkanes of at least 4 members (excludes halogenated alkanes) is 3. The average molecular weight is 796 g/mol. The fourth-order valence-electron chi connectivity index (χ4n) is 6.75. The van der Waals surface area contributed by atoms with Crippen molar-refractivity contribution in [3.63, 3.8) is 0 Å². The molecule has 2 heterocycles. The third-order valence-corrected chi connectivity index (χ3v) is 10.4. The third-order valence-electron chi connectivity index (χ3n) is 10.4. The molecule has 13 nitrogen and oxygen atoms in total. The summed E-state index contributed by atoms with van der Waals surface area (Å²) in [5.41, 5.74) is -2.23. The summed E-state index contributed by atoms with van der Waals surface area (Å²) >= 11 is 0. The summed E-state index contributed by atoms with van der Waals surface area (Å²) in [5.74, 6) is -1.86. The Labute approximate surface area is 327 Å². The molecular weight excluding hydrogens is 735 g/mol. The molecule has 56 heavy (non-hydrogen) atoms. The minimum absolute atomic E-state index is 0.0117. The summed E-state index contributed by atoms with van der Waals surface area (Å²) < 4.78 is 51.7. The molecule has 0 aliphatic carbocycles. The lowest BCUT2D eigenvalue weighted by atomic mass is 9.86. The Kier molecular flexibility index (Phi) is 17.8. The van der Waals surface area contributed by atoms with Crippen LogP contribution in [-0.2, 0) is 20.4 Å². The molecular formula is C40H60F3N5O8. The average Bonchev–Trinajstić information content (AvgIpc) is 3.14. The van der Waals surface area contributed by atoms with Crippen molar-refractivity contribution in [2.75, 3.05) is 25.0 Å². The van der Waals surface area contributed by atoms with E-state index in [1.165, 1.54) is 45.2 Å². The Bertz CT molecular complexity index is 1580. The number of aliphatic hydroxyl groups is 3. The Balaban J connectivity index is 1.50. The highest BCUT2D eigenvalue weighted by molar-refractivity contribution is 5.99. The van der Waals surface area contributed by atoms with Crippen LogP contribution in [0.4, 0.5) is 29.5 Å². The van der Waals surface area contributed by atoms with Crippen molar-refractivity contribution in [2.24, 2.45) is 11.8 Å². The molecule has 0 saturated carbocycles. The number of nitrogens with one attached hydrogen (secondary N) is 4. The number of cyclic esters (lactones) is 1. The number of aromatic nitrogens is 1. The van der Waals surface area contributed by atoms with Gasteiger partial charge in [-0.05, 0) is 102 Å². The van der Waals surface area contributed by atoms with E-state index < -0.39 is 71.7 Å². The summed E-state index contributed by atoms with van der Waals surface area (Å²) in [6.45, 7) is 10.9. The minimum atomic E-state index is -4.52. The molecule has 2 amide bonds. The number of hydrogen-bond donors (Lipinski definition) is 7. The summed E-state index contributed by atoms with van der Waals surface area (Å²) in [4.78, 5) is 43.2. The second-order valence-electron chi connectivity index (χ2n) is 15.1. The molecule has 7 N–H and O–H groups in total. The zero-order valence-electron chi connectivity index (χ0n) is 33.2. The lowest BCUT2D eigenvalue weighted by molar-refractivity contribution is -0.188. The Morgan fingerprint density at radius 2 is 1.71 bits per heavy atom. The first-order chi connectivity index (χ1) is 26.4. The van der Waals surface area contributed by atoms with Crippen LogP contribution in [0.3, 0.4) is 0 Å². The molecule has 16 heteroatoms. The van der Waals surface area contributed by atoms with Gasteiger partial charge in [0.2, 0.25) is 0 Å². The Morgan fingerprint density at radius 3 is 2.38 bits per heavy atom. The fourth-order valence-corrected chi connectivity index (χ4v) is 6.75. The summed E-state index contributed by atoms with van der Waals surface area (Å²) in [6.07, 6.45) is -3.99. The first-order valence-corrected chi connectivity index (χ1v) is 19.5. The van der Waals surface area contributed by atoms with Crippen LogP contribution in [0.1, 0.15) is 107 Å². The fraction of sp³-hybridized carbons (Fsp3) is 0.650. The van der Waals surface area contributed by atoms with Crippen molar-refractivity contribution in [1.29, 1.82) is 0 Å². The zero-order chi connectivity index (χ0) is 41.6. The molecule has 0 radical (unpaired) electrons. The predicted molar refractivity (Wildman–Crippen MR) is 205 cm³/mol. The van der Waals surface area contributed by atoms with Crippen LogP contribution in [0, 0.1) is 18.8 Å². The smallest absolute Gasteiger partial charge is 0.416 e. The van der Waals surface area contributed by atoms with Gasteiger partial charge in [0.25, 0.3) is 5.91 Å². The number of benzene rings is 1. The number of aliphatic hydroxyl groups excluding tert-OH is 2. The van der Waals surface area contributed by atoms with E-state index in [2.05, 4.69) is 26.3 Å². The number of alkyl carbamates (subject to hydrolysis) is 1. The molecule has 314 valence electrons. The summed E-state index contributed by atoms with van der Waals surface area (Å²) in [6, 6.07) is 6.32. The molecule has 1 aliphatic heterocycles. The zero-order valence-corrected chi connectivity index (χ0v) is 33.2. The van der Waals surface area contributed by atoms with Gasteiger partial charge in [0.15, 0.2) is 6.10 Å². The van der Waals surface area contributed by atoms with Crippen molar-refractivity contribution in [2.45, 2.75) is 135 Å². The van der Waals surface area contributed by atoms with Crippen LogP contribution >= 0.6 is 0 Å². The van der Waals surface area contributed by atoms with E-state index in [9.17, 15) is 42.9 Å². The molecule has 1 aromatic carbocycles. The number of carbonyl (C=O) groups excluding carboxylic acids is 3. The van der Waals surface area contributed by atoms with E-state index >= 15 is 0 Å². The highest BCUT2D eigenvalue weighted by Crippen LogP contribution is 2.35. The van der Waals surface area contributed by atoms with Gasteiger partial charge in [-0.25, -0.2) is 9.78 Å². The number of halogens is 3. The monoisotopic (exact) mass is 795 g/mol. The first kappa shape index (κ1) is 46.4. The van der Waals surface area contributed by atoms with Crippen molar-refractivity contribution in [1.82, 2.24) is 20.9 Å². The van der Waals surface area contributed by atoms with Crippen LogP contribution in [0.15, 0.2) is 36.5 Å². The maximum absolute atomic E-state index is 13.4. The van der Waals surface area contributed by atoms with Crippen LogP contribution in [0.2, 0.25) is 0 Å². The van der Waals surface area contributed by atoms with E-state index in [0.717, 1.165) is 12.5 Å². The van der Waals surface area contributed by atoms with Gasteiger partial charge in [0.1, 0.15) is 17.5 Å². The number of ether oxygens (including phenoxy) is 2. The molecule has 2 aromatic rings. The standard InChI is InChI=1S/C40H60F3N5O8/c1-7-33-39(6,54)34(27(5)47-23-24(2)17-18-28(49)22-32(50)26(4)37(52)55-33)56-38(53)46-20-11-9-8-10-19-45-36(51)29-14-13-21-44-35(29)48-31-16-12-15-30(25(31)3)40(41,42)43/h12-16,21,24,26-28,32-34,47,49-50,54H,7-11,17-20,22-23H2,1-6H3,(H,44,48)(H,45,51)(H,46,53)/t24-,26-,27-,28+,32+,33-,34?,39?/m1/s1. The second kappa shape index (κ2) is 21.5. The van der Waals surface area contributed by atoms with Crippen LogP contribution < -0.4 is 21.3 Å². The van der Waals surface area contributed by atoms with E-state index in [1.54, 1.807) is 19.9 Å². The van der Waals surface area contributed by atoms with E-state index in [1.807, 2.05) is 6.92 Å². The van der Waals surface area contributed by atoms with Crippen molar-refractivity contribution < 1.29 is 52.3 Å². The van der Waals surface area contributed by atoms with Gasteiger partial charge in [-0.3, -0.25) is 9.59 Å². The summed E-state index contributed by atoms with van der Waals surface area (Å²) in [7, 11) is 0. The number of alkyl halides is 3. The molecule has 3 rings (SSSR count). The van der Waals surface area contributed by atoms with Crippen molar-refractivity contribution in [3.8, 4) is 0 Å². The molecule has 1 saturated heterocycles. The third kappa shape index (κ3) is 13.6. The molecule has 8 atom stereocenters. The molecule has 1 aliphatic rings. The number of esters is 1. The highest BCUT2D eigenvalue weighted by Gasteiger charge is 2.47. The normalized spacial score (nSPS) is 26.9. The van der Waals surface area contributed by atoms with E-state index in [-0.39, 0.29) is 47.9 Å². The van der Waals surface area contributed by atoms with Gasteiger partial charge < -0.3 is 46.1 Å². The topological polar surface area (TPSA) is 191 Å². The molecule has 0 bridgehead atoms. The Morgan fingerprint density at radius 1 is 1.04 bits per heavy atom. The van der Waals surface area contributed by atoms with Crippen LogP contribution in [-0.4, -0.2) is 94.0 Å². The number of amides is 2. The minimum Gasteiger partial charge on any atom is -0.459 e. The van der Waals surface area contributed by atoms with Crippen LogP contribution in [0.25, 0.3) is 0 Å². The van der Waals surface area contributed by atoms with Crippen LogP contribution in [0.5, 0.6) is 0 Å². The number of nitrogens with zero attached hydrogens (tertiary/aromatic N) is 1. The number of hydrogen-bond acceptors (Lipinski definition) is 11. The number of rotatable bonds is 12. The second-order valence-corrected chi connectivity index (χ2v) is 15.1. The van der Waals surface area contributed by atoms with E-state index in [0.29, 0.717) is 45.2 Å². The van der Waals surface area contributed by atoms with Crippen molar-refractivity contribution >= 4 is 29.5 Å². The maximum Gasteiger partial charge on any atom is 0.416 e. The number of pyridine rings is 1. The quantitative estimate of drug-likeness (QED) is 0.102. The van der Waals surface area contributed by atoms with Gasteiger partial charge >= 0.3 is 18.2 Å². The van der Waals surface area contributed by atoms with Gasteiger partial charge in [-0.15, -0.1) is 0 Å². The maximum atomic E-state index is 13.4. The predicted octanol–water partition coefficient (Wildman–Crippen LogP) is 5.77. The van der Waals surface area contributed by atoms with Gasteiger partial charge in [0.05, 0.1) is 29.3 Å². The van der Waals surface area contributed by atoms with Gasteiger partial charge in [-0.2, -0.15) is 13.2 Å². The molecule has 1 fully saturated rings. The first-order valence-electron chi connectivity index (χ1n) is 19.5. The van der Waals surface area contributed by atoms with E-state index in [4.69, 9.17) is 9.47 Å². The van der Waals surface area contributed by atoms with Gasteiger partial charge in [-0.1, -0.05) is 32.8 Å². The molecule has 2 unspecified atom stereocenters. The van der Waals surface area contributed by atoms with Crippen molar-refractivity contribution in [3.05, 3.63) is 53.2 Å². The molecule has 1 aromatic heterocycles. The Hall–Kier alpha value is -3.99. The molecule has 0 spiro atoms. The number of anilines is 2. The SMILES string of the molecule is CC[C@H]1OC(=O)[C@H](C)[C@@H](O)C[C@@H](O)CC[C@@H](C)CN[C@H](C)C(OC(=O)NCCCCCCNC(=O)c2cccnc2Nc2cccc(C(F)(F)F)c2C)C1(C)O. The lowest BCUT2D eigenvalue weighted by Gasteiger charge is -2.41. The summed E-state index contributed by atoms with van der Waals surface area (Å²) in [5, 5.41) is 44.6. The van der Waals surface area contributed by atoms with Gasteiger partial charge in [0, 0.05) is 37.4 Å². The number of carbonyl (C=O) groups is 3.